The number of carbonyl (C=O) groups excluding carboxylic acids is 1. The van der Waals surface area contributed by atoms with Crippen molar-refractivity contribution < 1.29 is 9.18 Å². The smallest absolute Gasteiger partial charge is 0.283 e. The molecule has 2 unspecified atom stereocenters. The summed E-state index contributed by atoms with van der Waals surface area (Å²) in [5, 5.41) is 17.9. The summed E-state index contributed by atoms with van der Waals surface area (Å²) in [6.45, 7) is 8.72. The van der Waals surface area contributed by atoms with Crippen LogP contribution in [0.2, 0.25) is 0 Å². The Morgan fingerprint density at radius 2 is 2.00 bits per heavy atom. The Balaban J connectivity index is 1.33. The maximum Gasteiger partial charge on any atom is 0.283 e. The van der Waals surface area contributed by atoms with Crippen molar-refractivity contribution in [1.29, 1.82) is 0 Å². The summed E-state index contributed by atoms with van der Waals surface area (Å²) in [4.78, 5) is 16.5. The van der Waals surface area contributed by atoms with Crippen molar-refractivity contribution in [2.75, 3.05) is 22.5 Å². The highest BCUT2D eigenvalue weighted by Crippen LogP contribution is 2.31. The topological polar surface area (TPSA) is 95.4 Å². The summed E-state index contributed by atoms with van der Waals surface area (Å²) in [7, 11) is 0. The molecule has 0 radical (unpaired) electrons. The molecule has 0 saturated carbocycles. The Kier molecular flexibility index (Phi) is 6.91. The highest BCUT2D eigenvalue weighted by atomic mass is 19.1. The molecule has 2 aliphatic heterocycles. The van der Waals surface area contributed by atoms with Crippen LogP contribution >= 0.6 is 0 Å². The van der Waals surface area contributed by atoms with Crippen molar-refractivity contribution in [2.45, 2.75) is 64.1 Å². The van der Waals surface area contributed by atoms with E-state index in [0.717, 1.165) is 35.0 Å². The Bertz CT molecular complexity index is 1260. The first-order chi connectivity index (χ1) is 17.4. The van der Waals surface area contributed by atoms with Gasteiger partial charge in [-0.1, -0.05) is 32.6 Å². The van der Waals surface area contributed by atoms with E-state index in [4.69, 9.17) is 4.98 Å². The number of rotatable bonds is 9. The van der Waals surface area contributed by atoms with Crippen LogP contribution in [0.3, 0.4) is 0 Å². The van der Waals surface area contributed by atoms with E-state index in [1.54, 1.807) is 12.1 Å². The molecule has 2 bridgehead atoms. The van der Waals surface area contributed by atoms with Gasteiger partial charge in [0.2, 0.25) is 0 Å². The molecule has 1 aromatic carbocycles. The number of carbonyl (C=O) groups is 1. The number of fused-ring (bicyclic) bond motifs is 3. The van der Waals surface area contributed by atoms with Crippen LogP contribution in [-0.4, -0.2) is 39.1 Å². The fourth-order valence-electron chi connectivity index (χ4n) is 5.34. The van der Waals surface area contributed by atoms with Gasteiger partial charge < -0.3 is 21.3 Å². The molecule has 2 atom stereocenters. The predicted molar refractivity (Wildman–Crippen MR) is 141 cm³/mol. The van der Waals surface area contributed by atoms with Crippen LogP contribution in [-0.2, 0) is 11.3 Å². The van der Waals surface area contributed by atoms with Crippen molar-refractivity contribution in [2.24, 2.45) is 5.92 Å². The zero-order valence-corrected chi connectivity index (χ0v) is 20.9. The summed E-state index contributed by atoms with van der Waals surface area (Å²) in [5.41, 5.74) is 3.37. The molecule has 5 rings (SSSR count). The van der Waals surface area contributed by atoms with E-state index in [9.17, 15) is 9.18 Å². The lowest BCUT2D eigenvalue weighted by Gasteiger charge is -2.29. The van der Waals surface area contributed by atoms with Gasteiger partial charge in [0.15, 0.2) is 11.5 Å². The van der Waals surface area contributed by atoms with Gasteiger partial charge in [0.05, 0.1) is 6.20 Å². The second-order valence-electron chi connectivity index (χ2n) is 10.3. The van der Waals surface area contributed by atoms with Crippen molar-refractivity contribution in [1.82, 2.24) is 19.9 Å². The third-order valence-corrected chi connectivity index (χ3v) is 7.17. The molecular formula is C27H34FN7O. The second kappa shape index (κ2) is 10.3. The molecule has 4 N–H and O–H groups in total. The van der Waals surface area contributed by atoms with Crippen LogP contribution in [0.15, 0.2) is 48.9 Å². The molecule has 2 fully saturated rings. The minimum atomic E-state index is -1.02. The first-order valence-electron chi connectivity index (χ1n) is 12.7. The van der Waals surface area contributed by atoms with Gasteiger partial charge in [-0.3, -0.25) is 4.79 Å². The van der Waals surface area contributed by atoms with Gasteiger partial charge in [0.25, 0.3) is 5.91 Å². The van der Waals surface area contributed by atoms with Gasteiger partial charge in [-0.25, -0.2) is 9.37 Å². The maximum atomic E-state index is 13.1. The normalized spacial score (nSPS) is 21.1. The number of nitrogens with one attached hydrogen (secondary N) is 4. The van der Waals surface area contributed by atoms with E-state index in [1.807, 2.05) is 28.9 Å². The molecule has 190 valence electrons. The fraction of sp³-hybridized carbons (Fsp3) is 0.444. The van der Waals surface area contributed by atoms with Gasteiger partial charge >= 0.3 is 0 Å². The van der Waals surface area contributed by atoms with Gasteiger partial charge in [-0.15, -0.1) is 0 Å². The number of anilines is 3. The SMILES string of the molecule is C=C(F)C(=O)Nc1cccc(CNc2cc(NCC3CC4CCC(C3)N4)nc3c(C(C)C)cnn23)c1. The van der Waals surface area contributed by atoms with E-state index in [2.05, 4.69) is 46.8 Å². The summed E-state index contributed by atoms with van der Waals surface area (Å²) in [6.07, 6.45) is 6.89. The molecule has 0 spiro atoms. The Morgan fingerprint density at radius 1 is 1.22 bits per heavy atom. The van der Waals surface area contributed by atoms with Crippen LogP contribution < -0.4 is 21.3 Å². The van der Waals surface area contributed by atoms with Crippen LogP contribution in [0.1, 0.15) is 56.6 Å². The average molecular weight is 492 g/mol. The molecule has 8 nitrogen and oxygen atoms in total. The van der Waals surface area contributed by atoms with Gasteiger partial charge in [-0.2, -0.15) is 9.61 Å². The highest BCUT2D eigenvalue weighted by Gasteiger charge is 2.33. The molecule has 1 amide bonds. The van der Waals surface area contributed by atoms with Gasteiger partial charge in [-0.05, 0) is 55.2 Å². The number of amides is 1. The molecule has 0 aliphatic carbocycles. The molecule has 2 saturated heterocycles. The first-order valence-corrected chi connectivity index (χ1v) is 12.7. The standard InChI is InChI=1S/C27H34FN7O/c1-16(2)23-15-31-35-25(30-13-18-5-4-6-20(9-18)33-27(36)17(3)28)12-24(34-26(23)35)29-14-19-10-21-7-8-22(11-19)32-21/h4-6,9,12,15-16,19,21-22,30,32H,3,7-8,10-11,13-14H2,1-2H3,(H,29,34)(H,33,36). The highest BCUT2D eigenvalue weighted by molar-refractivity contribution is 6.01. The molecule has 36 heavy (non-hydrogen) atoms. The molecule has 3 aromatic rings. The lowest BCUT2D eigenvalue weighted by Crippen LogP contribution is -2.40. The largest absolute Gasteiger partial charge is 0.370 e. The summed E-state index contributed by atoms with van der Waals surface area (Å²) in [6, 6.07) is 10.6. The van der Waals surface area contributed by atoms with E-state index in [0.29, 0.717) is 36.2 Å². The van der Waals surface area contributed by atoms with Crippen molar-refractivity contribution in [3.05, 3.63) is 60.1 Å². The lowest BCUT2D eigenvalue weighted by atomic mass is 9.92. The first kappa shape index (κ1) is 24.2. The number of hydrogen-bond acceptors (Lipinski definition) is 6. The van der Waals surface area contributed by atoms with Crippen LogP contribution in [0.4, 0.5) is 21.7 Å². The number of piperidine rings is 1. The Hall–Kier alpha value is -3.46. The van der Waals surface area contributed by atoms with E-state index < -0.39 is 11.7 Å². The van der Waals surface area contributed by atoms with Crippen LogP contribution in [0.25, 0.3) is 5.65 Å². The minimum Gasteiger partial charge on any atom is -0.370 e. The Morgan fingerprint density at radius 3 is 2.72 bits per heavy atom. The predicted octanol–water partition coefficient (Wildman–Crippen LogP) is 4.83. The average Bonchev–Trinajstić information content (AvgIpc) is 3.44. The van der Waals surface area contributed by atoms with E-state index in [1.165, 1.54) is 25.7 Å². The number of hydrogen-bond donors (Lipinski definition) is 4. The van der Waals surface area contributed by atoms with Crippen molar-refractivity contribution in [3.8, 4) is 0 Å². The Labute approximate surface area is 210 Å². The monoisotopic (exact) mass is 491 g/mol. The van der Waals surface area contributed by atoms with Gasteiger partial charge in [0, 0.05) is 42.5 Å². The third-order valence-electron chi connectivity index (χ3n) is 7.17. The van der Waals surface area contributed by atoms with Crippen LogP contribution in [0.5, 0.6) is 0 Å². The molecule has 2 aromatic heterocycles. The summed E-state index contributed by atoms with van der Waals surface area (Å²) >= 11 is 0. The molecular weight excluding hydrogens is 457 g/mol. The van der Waals surface area contributed by atoms with E-state index >= 15 is 0 Å². The third kappa shape index (κ3) is 5.36. The zero-order chi connectivity index (χ0) is 25.2. The molecule has 9 heteroatoms. The van der Waals surface area contributed by atoms with Crippen LogP contribution in [0, 0.1) is 5.92 Å². The maximum absolute atomic E-state index is 13.1. The zero-order valence-electron chi connectivity index (χ0n) is 20.9. The second-order valence-corrected chi connectivity index (χ2v) is 10.3. The number of nitrogens with zero attached hydrogens (tertiary/aromatic N) is 3. The quantitative estimate of drug-likeness (QED) is 0.320. The number of aromatic nitrogens is 3. The minimum absolute atomic E-state index is 0.295. The molecule has 2 aliphatic rings. The number of halogens is 1. The van der Waals surface area contributed by atoms with Crippen molar-refractivity contribution in [3.63, 3.8) is 0 Å². The summed E-state index contributed by atoms with van der Waals surface area (Å²) < 4.78 is 14.9. The van der Waals surface area contributed by atoms with Crippen molar-refractivity contribution >= 4 is 28.9 Å². The van der Waals surface area contributed by atoms with E-state index in [-0.39, 0.29) is 0 Å². The summed E-state index contributed by atoms with van der Waals surface area (Å²) in [5.74, 6) is 0.738. The van der Waals surface area contributed by atoms with Gasteiger partial charge in [0.1, 0.15) is 11.6 Å². The molecule has 4 heterocycles. The number of benzene rings is 1. The lowest BCUT2D eigenvalue weighted by molar-refractivity contribution is -0.114. The fourth-order valence-corrected chi connectivity index (χ4v) is 5.34.